The third kappa shape index (κ3) is 3.87. The molecule has 1 fully saturated rings. The van der Waals surface area contributed by atoms with E-state index in [1.54, 1.807) is 36.4 Å². The van der Waals surface area contributed by atoms with E-state index in [2.05, 4.69) is 26.6 Å². The number of carbonyl (C=O) groups is 1. The number of anilines is 2. The number of benzene rings is 2. The van der Waals surface area contributed by atoms with Crippen LogP contribution in [0, 0.1) is 10.1 Å². The molecule has 1 saturated carbocycles. The molecule has 23 heavy (non-hydrogen) atoms. The van der Waals surface area contributed by atoms with E-state index in [9.17, 15) is 14.9 Å². The molecule has 2 N–H and O–H groups in total. The largest absolute Gasteiger partial charge is 0.377 e. The number of carbonyl (C=O) groups excluding carboxylic acids is 1. The predicted molar refractivity (Wildman–Crippen MR) is 91.8 cm³/mol. The molecule has 0 unspecified atom stereocenters. The number of nitro benzene ring substituents is 1. The first-order valence-corrected chi connectivity index (χ1v) is 7.94. The molecular weight excluding hydrogens is 362 g/mol. The normalized spacial score (nSPS) is 13.4. The molecule has 0 aliphatic heterocycles. The van der Waals surface area contributed by atoms with Crippen molar-refractivity contribution in [1.82, 2.24) is 0 Å². The van der Waals surface area contributed by atoms with E-state index in [0.29, 0.717) is 17.4 Å². The Kier molecular flexibility index (Phi) is 4.29. The van der Waals surface area contributed by atoms with Crippen LogP contribution in [0.25, 0.3) is 0 Å². The minimum atomic E-state index is -0.471. The summed E-state index contributed by atoms with van der Waals surface area (Å²) in [6.07, 6.45) is 2.03. The van der Waals surface area contributed by atoms with Gasteiger partial charge in [-0.2, -0.15) is 0 Å². The Labute approximate surface area is 141 Å². The number of hydrogen-bond acceptors (Lipinski definition) is 4. The molecule has 0 atom stereocenters. The second kappa shape index (κ2) is 6.37. The number of nitrogens with zero attached hydrogens (tertiary/aromatic N) is 1. The Morgan fingerprint density at radius 3 is 2.48 bits per heavy atom. The number of rotatable bonds is 5. The van der Waals surface area contributed by atoms with Crippen LogP contribution < -0.4 is 10.6 Å². The minimum absolute atomic E-state index is 0.0830. The first-order valence-electron chi connectivity index (χ1n) is 7.15. The molecule has 0 heterocycles. The zero-order valence-electron chi connectivity index (χ0n) is 12.1. The molecule has 0 bridgehead atoms. The number of nitro groups is 1. The molecule has 2 aromatic carbocycles. The van der Waals surface area contributed by atoms with Gasteiger partial charge in [-0.1, -0.05) is 15.9 Å². The topological polar surface area (TPSA) is 84.3 Å². The third-order valence-electron chi connectivity index (χ3n) is 3.50. The lowest BCUT2D eigenvalue weighted by Gasteiger charge is -2.08. The van der Waals surface area contributed by atoms with Gasteiger partial charge in [0.15, 0.2) is 0 Å². The summed E-state index contributed by atoms with van der Waals surface area (Å²) in [5.74, 6) is -0.381. The van der Waals surface area contributed by atoms with Gasteiger partial charge in [0.05, 0.1) is 4.92 Å². The molecule has 7 heteroatoms. The highest BCUT2D eigenvalue weighted by Crippen LogP contribution is 2.31. The van der Waals surface area contributed by atoms with E-state index in [0.717, 1.165) is 17.3 Å². The standard InChI is InChI=1S/C16H14BrN3O3/c17-11-2-4-13(5-3-11)19-16(21)10-1-8-14(18-12-6-7-12)15(9-10)20(22)23/h1-5,8-9,12,18H,6-7H2,(H,19,21). The summed E-state index contributed by atoms with van der Waals surface area (Å²) in [6, 6.07) is 11.9. The molecule has 0 saturated heterocycles. The second-order valence-corrected chi connectivity index (χ2v) is 6.28. The van der Waals surface area contributed by atoms with Crippen molar-refractivity contribution < 1.29 is 9.72 Å². The summed E-state index contributed by atoms with van der Waals surface area (Å²) in [7, 11) is 0. The van der Waals surface area contributed by atoms with E-state index in [4.69, 9.17) is 0 Å². The molecule has 0 radical (unpaired) electrons. The lowest BCUT2D eigenvalue weighted by Crippen LogP contribution is -2.13. The van der Waals surface area contributed by atoms with Crippen LogP contribution in [-0.4, -0.2) is 16.9 Å². The van der Waals surface area contributed by atoms with Crippen LogP contribution in [0.15, 0.2) is 46.9 Å². The summed E-state index contributed by atoms with van der Waals surface area (Å²) >= 11 is 3.32. The predicted octanol–water partition coefficient (Wildman–Crippen LogP) is 4.18. The van der Waals surface area contributed by atoms with Crippen LogP contribution in [0.2, 0.25) is 0 Å². The molecule has 0 spiro atoms. The van der Waals surface area contributed by atoms with Crippen molar-refractivity contribution in [2.75, 3.05) is 10.6 Å². The smallest absolute Gasteiger partial charge is 0.293 e. The van der Waals surface area contributed by atoms with Crippen LogP contribution >= 0.6 is 15.9 Å². The SMILES string of the molecule is O=C(Nc1ccc(Br)cc1)c1ccc(NC2CC2)c([N+](=O)[O-])c1. The van der Waals surface area contributed by atoms with Gasteiger partial charge >= 0.3 is 0 Å². The maximum atomic E-state index is 12.3. The van der Waals surface area contributed by atoms with Gasteiger partial charge in [-0.25, -0.2) is 0 Å². The summed E-state index contributed by atoms with van der Waals surface area (Å²) in [5, 5.41) is 17.1. The maximum Gasteiger partial charge on any atom is 0.293 e. The van der Waals surface area contributed by atoms with Gasteiger partial charge in [0.2, 0.25) is 0 Å². The van der Waals surface area contributed by atoms with Gasteiger partial charge in [0, 0.05) is 27.8 Å². The number of hydrogen-bond donors (Lipinski definition) is 2. The van der Waals surface area contributed by atoms with E-state index < -0.39 is 4.92 Å². The van der Waals surface area contributed by atoms with Gasteiger partial charge < -0.3 is 10.6 Å². The van der Waals surface area contributed by atoms with Crippen LogP contribution in [-0.2, 0) is 0 Å². The van der Waals surface area contributed by atoms with Crippen LogP contribution in [0.5, 0.6) is 0 Å². The Morgan fingerprint density at radius 1 is 1.17 bits per heavy atom. The van der Waals surface area contributed by atoms with Crippen molar-refractivity contribution in [3.63, 3.8) is 0 Å². The summed E-state index contributed by atoms with van der Waals surface area (Å²) in [5.41, 5.74) is 1.25. The Bertz CT molecular complexity index is 758. The van der Waals surface area contributed by atoms with Crippen molar-refractivity contribution in [2.24, 2.45) is 0 Å². The zero-order chi connectivity index (χ0) is 16.4. The lowest BCUT2D eigenvalue weighted by atomic mass is 10.1. The minimum Gasteiger partial charge on any atom is -0.377 e. The van der Waals surface area contributed by atoms with E-state index in [-0.39, 0.29) is 17.2 Å². The number of halogens is 1. The Balaban J connectivity index is 1.80. The molecule has 1 aliphatic rings. The van der Waals surface area contributed by atoms with Crippen LogP contribution in [0.4, 0.5) is 17.1 Å². The van der Waals surface area contributed by atoms with Crippen LogP contribution in [0.1, 0.15) is 23.2 Å². The summed E-state index contributed by atoms with van der Waals surface area (Å²) in [4.78, 5) is 23.0. The molecule has 2 aromatic rings. The average molecular weight is 376 g/mol. The molecule has 1 amide bonds. The van der Waals surface area contributed by atoms with Crippen molar-refractivity contribution in [2.45, 2.75) is 18.9 Å². The quantitative estimate of drug-likeness (QED) is 0.606. The molecule has 0 aromatic heterocycles. The lowest BCUT2D eigenvalue weighted by molar-refractivity contribution is -0.384. The average Bonchev–Trinajstić information content (AvgIpc) is 3.33. The second-order valence-electron chi connectivity index (χ2n) is 5.37. The monoisotopic (exact) mass is 375 g/mol. The van der Waals surface area contributed by atoms with E-state index >= 15 is 0 Å². The van der Waals surface area contributed by atoms with E-state index in [1.807, 2.05) is 0 Å². The Morgan fingerprint density at radius 2 is 1.87 bits per heavy atom. The molecule has 6 nitrogen and oxygen atoms in total. The van der Waals surface area contributed by atoms with Gasteiger partial charge in [-0.3, -0.25) is 14.9 Å². The first kappa shape index (κ1) is 15.5. The fourth-order valence-corrected chi connectivity index (χ4v) is 2.39. The van der Waals surface area contributed by atoms with Gasteiger partial charge in [0.1, 0.15) is 5.69 Å². The highest BCUT2D eigenvalue weighted by molar-refractivity contribution is 9.10. The molecule has 118 valence electrons. The van der Waals surface area contributed by atoms with Gasteiger partial charge in [0.25, 0.3) is 11.6 Å². The van der Waals surface area contributed by atoms with Gasteiger partial charge in [-0.05, 0) is 49.2 Å². The fraction of sp³-hybridized carbons (Fsp3) is 0.188. The van der Waals surface area contributed by atoms with Crippen LogP contribution in [0.3, 0.4) is 0 Å². The van der Waals surface area contributed by atoms with Crippen molar-refractivity contribution in [3.05, 3.63) is 62.6 Å². The zero-order valence-corrected chi connectivity index (χ0v) is 13.7. The molecular formula is C16H14BrN3O3. The molecule has 1 aliphatic carbocycles. The summed E-state index contributed by atoms with van der Waals surface area (Å²) in [6.45, 7) is 0. The van der Waals surface area contributed by atoms with Crippen molar-refractivity contribution in [1.29, 1.82) is 0 Å². The highest BCUT2D eigenvalue weighted by atomic mass is 79.9. The van der Waals surface area contributed by atoms with Crippen molar-refractivity contribution in [3.8, 4) is 0 Å². The third-order valence-corrected chi connectivity index (χ3v) is 4.02. The van der Waals surface area contributed by atoms with Crippen molar-refractivity contribution >= 4 is 38.9 Å². The molecule has 3 rings (SSSR count). The highest BCUT2D eigenvalue weighted by Gasteiger charge is 2.25. The fourth-order valence-electron chi connectivity index (χ4n) is 2.13. The van der Waals surface area contributed by atoms with E-state index in [1.165, 1.54) is 6.07 Å². The number of nitrogens with one attached hydrogen (secondary N) is 2. The first-order chi connectivity index (χ1) is 11.0. The summed E-state index contributed by atoms with van der Waals surface area (Å²) < 4.78 is 0.904. The number of amides is 1. The Hall–Kier alpha value is -2.41. The van der Waals surface area contributed by atoms with Gasteiger partial charge in [-0.15, -0.1) is 0 Å². The maximum absolute atomic E-state index is 12.3.